The number of aromatic nitrogens is 2. The van der Waals surface area contributed by atoms with Gasteiger partial charge in [-0.1, -0.05) is 6.07 Å². The highest BCUT2D eigenvalue weighted by molar-refractivity contribution is 6.02. The van der Waals surface area contributed by atoms with Gasteiger partial charge in [0, 0.05) is 18.8 Å². The average Bonchev–Trinajstić information content (AvgIpc) is 2.54. The Hall–Kier alpha value is -2.68. The van der Waals surface area contributed by atoms with Gasteiger partial charge in [0.15, 0.2) is 5.69 Å². The normalized spacial score (nSPS) is 11.4. The number of rotatable bonds is 6. The van der Waals surface area contributed by atoms with Crippen molar-refractivity contribution in [1.29, 1.82) is 0 Å². The molecule has 0 bridgehead atoms. The Morgan fingerprint density at radius 1 is 1.16 bits per heavy atom. The molecule has 1 heterocycles. The highest BCUT2D eigenvalue weighted by atomic mass is 19.4. The molecule has 1 aromatic heterocycles. The van der Waals surface area contributed by atoms with E-state index in [1.165, 1.54) is 18.2 Å². The van der Waals surface area contributed by atoms with Crippen molar-refractivity contribution >= 4 is 17.4 Å². The molecule has 9 heteroatoms. The highest BCUT2D eigenvalue weighted by Gasteiger charge is 2.30. The lowest BCUT2D eigenvalue weighted by atomic mass is 10.2. The minimum atomic E-state index is -4.47. The highest BCUT2D eigenvalue weighted by Crippen LogP contribution is 2.30. The maximum atomic E-state index is 12.7. The molecule has 0 aliphatic heterocycles. The number of carbonyl (C=O) groups excluding carboxylic acids is 1. The molecule has 2 rings (SSSR count). The van der Waals surface area contributed by atoms with E-state index in [1.54, 1.807) is 6.07 Å². The van der Waals surface area contributed by atoms with Crippen molar-refractivity contribution in [2.75, 3.05) is 37.8 Å². The number of anilines is 2. The molecule has 0 fully saturated rings. The maximum Gasteiger partial charge on any atom is 0.416 e. The van der Waals surface area contributed by atoms with Gasteiger partial charge in [-0.2, -0.15) is 13.2 Å². The summed E-state index contributed by atoms with van der Waals surface area (Å²) in [7, 11) is 3.88. The predicted octanol–water partition coefficient (Wildman–Crippen LogP) is 2.72. The standard InChI is InChI=1S/C16H18F3N5O/c1-24(2)9-8-20-14-7-6-13(22-23-14)15(25)21-12-5-3-4-11(10-12)16(17,18)19/h3-7,10H,8-9H2,1-2H3,(H,20,23)(H,21,25). The number of nitrogens with zero attached hydrogens (tertiary/aromatic N) is 3. The van der Waals surface area contributed by atoms with Crippen LogP contribution in [0.5, 0.6) is 0 Å². The number of nitrogens with one attached hydrogen (secondary N) is 2. The molecule has 2 aromatic rings. The van der Waals surface area contributed by atoms with Crippen molar-refractivity contribution in [2.45, 2.75) is 6.18 Å². The Morgan fingerprint density at radius 3 is 2.52 bits per heavy atom. The Morgan fingerprint density at radius 2 is 1.92 bits per heavy atom. The zero-order valence-corrected chi connectivity index (χ0v) is 13.8. The summed E-state index contributed by atoms with van der Waals surface area (Å²) >= 11 is 0. The Bertz CT molecular complexity index is 716. The minimum absolute atomic E-state index is 0.00979. The molecular weight excluding hydrogens is 335 g/mol. The molecule has 134 valence electrons. The van der Waals surface area contributed by atoms with Crippen LogP contribution in [0.15, 0.2) is 36.4 Å². The summed E-state index contributed by atoms with van der Waals surface area (Å²) < 4.78 is 38.0. The number of hydrogen-bond donors (Lipinski definition) is 2. The van der Waals surface area contributed by atoms with Crippen molar-refractivity contribution in [3.8, 4) is 0 Å². The topological polar surface area (TPSA) is 70.2 Å². The number of amides is 1. The second-order valence-electron chi connectivity index (χ2n) is 5.57. The lowest BCUT2D eigenvalue weighted by Crippen LogP contribution is -2.21. The van der Waals surface area contributed by atoms with E-state index >= 15 is 0 Å². The Balaban J connectivity index is 1.99. The molecule has 0 aliphatic rings. The van der Waals surface area contributed by atoms with Gasteiger partial charge in [0.25, 0.3) is 5.91 Å². The van der Waals surface area contributed by atoms with Crippen LogP contribution in [0.25, 0.3) is 0 Å². The first kappa shape index (κ1) is 18.7. The van der Waals surface area contributed by atoms with E-state index in [0.29, 0.717) is 12.4 Å². The van der Waals surface area contributed by atoms with Gasteiger partial charge in [-0.3, -0.25) is 4.79 Å². The SMILES string of the molecule is CN(C)CCNc1ccc(C(=O)Nc2cccc(C(F)(F)F)c2)nn1. The van der Waals surface area contributed by atoms with E-state index in [4.69, 9.17) is 0 Å². The second-order valence-corrected chi connectivity index (χ2v) is 5.57. The van der Waals surface area contributed by atoms with E-state index in [1.807, 2.05) is 19.0 Å². The van der Waals surface area contributed by atoms with Crippen LogP contribution in [-0.4, -0.2) is 48.2 Å². The lowest BCUT2D eigenvalue weighted by molar-refractivity contribution is -0.137. The molecule has 1 amide bonds. The molecule has 0 saturated heterocycles. The molecule has 6 nitrogen and oxygen atoms in total. The van der Waals surface area contributed by atoms with Crippen molar-refractivity contribution in [1.82, 2.24) is 15.1 Å². The van der Waals surface area contributed by atoms with Crippen molar-refractivity contribution in [3.63, 3.8) is 0 Å². The van der Waals surface area contributed by atoms with Crippen molar-refractivity contribution in [2.24, 2.45) is 0 Å². The van der Waals surface area contributed by atoms with Crippen LogP contribution in [0.1, 0.15) is 16.1 Å². The first-order valence-corrected chi connectivity index (χ1v) is 7.46. The van der Waals surface area contributed by atoms with E-state index in [9.17, 15) is 18.0 Å². The van der Waals surface area contributed by atoms with Gasteiger partial charge in [-0.25, -0.2) is 0 Å². The smallest absolute Gasteiger partial charge is 0.367 e. The fourth-order valence-electron chi connectivity index (χ4n) is 1.92. The van der Waals surface area contributed by atoms with Gasteiger partial charge >= 0.3 is 6.18 Å². The molecular formula is C16H18F3N5O. The third-order valence-electron chi connectivity index (χ3n) is 3.21. The predicted molar refractivity (Wildman–Crippen MR) is 88.5 cm³/mol. The molecule has 0 spiro atoms. The molecule has 0 unspecified atom stereocenters. The number of likely N-dealkylation sites (N-methyl/N-ethyl adjacent to an activating group) is 1. The van der Waals surface area contributed by atoms with Gasteiger partial charge in [0.1, 0.15) is 5.82 Å². The maximum absolute atomic E-state index is 12.7. The van der Waals surface area contributed by atoms with E-state index in [0.717, 1.165) is 18.7 Å². The Kier molecular flexibility index (Phi) is 5.92. The summed E-state index contributed by atoms with van der Waals surface area (Å²) in [5.41, 5.74) is -0.790. The monoisotopic (exact) mass is 353 g/mol. The summed E-state index contributed by atoms with van der Waals surface area (Å²) in [6.07, 6.45) is -4.47. The van der Waals surface area contributed by atoms with Crippen LogP contribution in [0.4, 0.5) is 24.7 Å². The largest absolute Gasteiger partial charge is 0.416 e. The van der Waals surface area contributed by atoms with Crippen LogP contribution in [0.2, 0.25) is 0 Å². The molecule has 0 saturated carbocycles. The fourth-order valence-corrected chi connectivity index (χ4v) is 1.92. The van der Waals surface area contributed by atoms with Gasteiger partial charge in [-0.15, -0.1) is 10.2 Å². The summed E-state index contributed by atoms with van der Waals surface area (Å²) in [5, 5.41) is 13.1. The second kappa shape index (κ2) is 7.93. The third kappa shape index (κ3) is 5.71. The van der Waals surface area contributed by atoms with Gasteiger partial charge in [0.05, 0.1) is 5.56 Å². The van der Waals surface area contributed by atoms with E-state index in [-0.39, 0.29) is 11.4 Å². The van der Waals surface area contributed by atoms with Crippen LogP contribution in [-0.2, 0) is 6.18 Å². The average molecular weight is 353 g/mol. The summed E-state index contributed by atoms with van der Waals surface area (Å²) in [4.78, 5) is 14.1. The molecule has 0 aliphatic carbocycles. The minimum Gasteiger partial charge on any atom is -0.367 e. The summed E-state index contributed by atoms with van der Waals surface area (Å²) in [6, 6.07) is 7.43. The zero-order chi connectivity index (χ0) is 18.4. The quantitative estimate of drug-likeness (QED) is 0.836. The van der Waals surface area contributed by atoms with E-state index < -0.39 is 17.6 Å². The molecule has 0 atom stereocenters. The number of alkyl halides is 3. The first-order valence-electron chi connectivity index (χ1n) is 7.46. The lowest BCUT2D eigenvalue weighted by Gasteiger charge is -2.11. The first-order chi connectivity index (χ1) is 11.8. The van der Waals surface area contributed by atoms with Crippen LogP contribution in [0.3, 0.4) is 0 Å². The fraction of sp³-hybridized carbons (Fsp3) is 0.312. The van der Waals surface area contributed by atoms with Crippen LogP contribution < -0.4 is 10.6 Å². The van der Waals surface area contributed by atoms with Crippen LogP contribution >= 0.6 is 0 Å². The molecule has 25 heavy (non-hydrogen) atoms. The van der Waals surface area contributed by atoms with Gasteiger partial charge in [0.2, 0.25) is 0 Å². The molecule has 0 radical (unpaired) electrons. The van der Waals surface area contributed by atoms with E-state index in [2.05, 4.69) is 20.8 Å². The summed E-state index contributed by atoms with van der Waals surface area (Å²) in [6.45, 7) is 1.47. The Labute approximate surface area is 143 Å². The number of carbonyl (C=O) groups is 1. The number of benzene rings is 1. The number of halogens is 3. The van der Waals surface area contributed by atoms with Gasteiger partial charge < -0.3 is 15.5 Å². The molecule has 2 N–H and O–H groups in total. The molecule has 1 aromatic carbocycles. The zero-order valence-electron chi connectivity index (χ0n) is 13.8. The number of hydrogen-bond acceptors (Lipinski definition) is 5. The third-order valence-corrected chi connectivity index (χ3v) is 3.21. The van der Waals surface area contributed by atoms with Crippen molar-refractivity contribution < 1.29 is 18.0 Å². The van der Waals surface area contributed by atoms with Gasteiger partial charge in [-0.05, 0) is 44.4 Å². The van der Waals surface area contributed by atoms with Crippen molar-refractivity contribution in [3.05, 3.63) is 47.7 Å². The van der Waals surface area contributed by atoms with Crippen LogP contribution in [0, 0.1) is 0 Å². The summed E-state index contributed by atoms with van der Waals surface area (Å²) in [5.74, 6) is -0.121.